The molecule has 1 N–H and O–H groups in total. The van der Waals surface area contributed by atoms with E-state index in [-0.39, 0.29) is 18.9 Å². The Labute approximate surface area is 108 Å². The molecule has 0 saturated carbocycles. The number of aliphatic carboxylic acids is 1. The van der Waals surface area contributed by atoms with Crippen molar-refractivity contribution < 1.29 is 19.4 Å². The van der Waals surface area contributed by atoms with Crippen LogP contribution in [0, 0.1) is 0 Å². The van der Waals surface area contributed by atoms with Gasteiger partial charge in [0.2, 0.25) is 5.91 Å². The molecule has 0 saturated heterocycles. The predicted octanol–water partition coefficient (Wildman–Crippen LogP) is 1.68. The minimum Gasteiger partial charge on any atom is -0.481 e. The Hall–Kier alpha value is -1.36. The van der Waals surface area contributed by atoms with Gasteiger partial charge < -0.3 is 14.7 Å². The quantitative estimate of drug-likeness (QED) is 0.504. The molecule has 0 heterocycles. The number of hydrogen-bond acceptors (Lipinski definition) is 3. The van der Waals surface area contributed by atoms with E-state index < -0.39 is 5.97 Å². The highest BCUT2D eigenvalue weighted by Crippen LogP contribution is 2.00. The standard InChI is InChI=1S/C13H23NO4/c1-4-18-9-5-7-14(8-6-13(16)17)12(15)10-11(2)3/h10H,4-9H2,1-3H3,(H,16,17). The number of hydrogen-bond donors (Lipinski definition) is 1. The molecular weight excluding hydrogens is 234 g/mol. The number of carbonyl (C=O) groups excluding carboxylic acids is 1. The number of amides is 1. The van der Waals surface area contributed by atoms with E-state index in [2.05, 4.69) is 0 Å². The first-order valence-corrected chi connectivity index (χ1v) is 6.20. The van der Waals surface area contributed by atoms with Gasteiger partial charge >= 0.3 is 5.97 Å². The van der Waals surface area contributed by atoms with E-state index in [9.17, 15) is 9.59 Å². The summed E-state index contributed by atoms with van der Waals surface area (Å²) in [5.74, 6) is -1.03. The van der Waals surface area contributed by atoms with Gasteiger partial charge in [-0.15, -0.1) is 0 Å². The summed E-state index contributed by atoms with van der Waals surface area (Å²) in [4.78, 5) is 23.9. The van der Waals surface area contributed by atoms with Gasteiger partial charge in [-0.3, -0.25) is 9.59 Å². The van der Waals surface area contributed by atoms with Crippen LogP contribution in [0.3, 0.4) is 0 Å². The van der Waals surface area contributed by atoms with Crippen LogP contribution in [-0.2, 0) is 14.3 Å². The molecular formula is C13H23NO4. The number of carbonyl (C=O) groups is 2. The average molecular weight is 257 g/mol. The van der Waals surface area contributed by atoms with Crippen molar-refractivity contribution >= 4 is 11.9 Å². The van der Waals surface area contributed by atoms with Crippen LogP contribution in [0.5, 0.6) is 0 Å². The lowest BCUT2D eigenvalue weighted by Crippen LogP contribution is -2.33. The Kier molecular flexibility index (Phi) is 8.92. The van der Waals surface area contributed by atoms with E-state index in [1.807, 2.05) is 20.8 Å². The number of carboxylic acid groups (broad SMARTS) is 1. The highest BCUT2D eigenvalue weighted by atomic mass is 16.5. The third-order valence-electron chi connectivity index (χ3n) is 2.24. The van der Waals surface area contributed by atoms with Crippen molar-refractivity contribution in [2.75, 3.05) is 26.3 Å². The number of allylic oxidation sites excluding steroid dienone is 1. The summed E-state index contributed by atoms with van der Waals surface area (Å²) < 4.78 is 5.20. The highest BCUT2D eigenvalue weighted by Gasteiger charge is 2.12. The van der Waals surface area contributed by atoms with Gasteiger partial charge in [0, 0.05) is 32.4 Å². The predicted molar refractivity (Wildman–Crippen MR) is 69.4 cm³/mol. The zero-order valence-corrected chi connectivity index (χ0v) is 11.4. The maximum absolute atomic E-state index is 11.8. The lowest BCUT2D eigenvalue weighted by molar-refractivity contribution is -0.138. The van der Waals surface area contributed by atoms with E-state index in [0.29, 0.717) is 19.8 Å². The zero-order chi connectivity index (χ0) is 14.0. The van der Waals surface area contributed by atoms with Crippen LogP contribution < -0.4 is 0 Å². The minimum atomic E-state index is -0.894. The molecule has 0 spiro atoms. The molecule has 0 aromatic rings. The maximum Gasteiger partial charge on any atom is 0.305 e. The summed E-state index contributed by atoms with van der Waals surface area (Å²) in [6.45, 7) is 7.59. The topological polar surface area (TPSA) is 66.8 Å². The zero-order valence-electron chi connectivity index (χ0n) is 11.4. The third kappa shape index (κ3) is 8.75. The van der Waals surface area contributed by atoms with Crippen LogP contribution in [0.2, 0.25) is 0 Å². The molecule has 0 bridgehead atoms. The maximum atomic E-state index is 11.8. The van der Waals surface area contributed by atoms with Gasteiger partial charge in [0.1, 0.15) is 0 Å². The fourth-order valence-electron chi connectivity index (χ4n) is 1.40. The van der Waals surface area contributed by atoms with Crippen molar-refractivity contribution in [1.82, 2.24) is 4.90 Å². The van der Waals surface area contributed by atoms with E-state index in [4.69, 9.17) is 9.84 Å². The Balaban J connectivity index is 4.28. The minimum absolute atomic E-state index is 0.0308. The van der Waals surface area contributed by atoms with Crippen LogP contribution in [-0.4, -0.2) is 48.2 Å². The van der Waals surface area contributed by atoms with Crippen molar-refractivity contribution in [2.45, 2.75) is 33.6 Å². The van der Waals surface area contributed by atoms with Crippen molar-refractivity contribution in [3.63, 3.8) is 0 Å². The Morgan fingerprint density at radius 2 is 1.94 bits per heavy atom. The molecule has 104 valence electrons. The van der Waals surface area contributed by atoms with Gasteiger partial charge in [0.25, 0.3) is 0 Å². The van der Waals surface area contributed by atoms with Crippen LogP contribution in [0.15, 0.2) is 11.6 Å². The second-order valence-corrected chi connectivity index (χ2v) is 4.24. The van der Waals surface area contributed by atoms with Crippen LogP contribution in [0.4, 0.5) is 0 Å². The fraction of sp³-hybridized carbons (Fsp3) is 0.692. The van der Waals surface area contributed by atoms with E-state index >= 15 is 0 Å². The molecule has 0 fully saturated rings. The number of rotatable bonds is 9. The Bertz CT molecular complexity index is 295. The lowest BCUT2D eigenvalue weighted by atomic mass is 10.2. The SMILES string of the molecule is CCOCCCN(CCC(=O)O)C(=O)C=C(C)C. The van der Waals surface area contributed by atoms with Crippen molar-refractivity contribution in [2.24, 2.45) is 0 Å². The largest absolute Gasteiger partial charge is 0.481 e. The number of nitrogens with zero attached hydrogens (tertiary/aromatic N) is 1. The molecule has 1 amide bonds. The van der Waals surface area contributed by atoms with Crippen molar-refractivity contribution in [3.05, 3.63) is 11.6 Å². The third-order valence-corrected chi connectivity index (χ3v) is 2.24. The summed E-state index contributed by atoms with van der Waals surface area (Å²) >= 11 is 0. The van der Waals surface area contributed by atoms with Gasteiger partial charge in [-0.1, -0.05) is 5.57 Å². The van der Waals surface area contributed by atoms with Crippen molar-refractivity contribution in [1.29, 1.82) is 0 Å². The fourth-order valence-corrected chi connectivity index (χ4v) is 1.40. The first-order chi connectivity index (χ1) is 8.47. The number of carboxylic acids is 1. The van der Waals surface area contributed by atoms with Gasteiger partial charge in [0.05, 0.1) is 6.42 Å². The first-order valence-electron chi connectivity index (χ1n) is 6.20. The summed E-state index contributed by atoms with van der Waals surface area (Å²) in [5.41, 5.74) is 0.908. The second kappa shape index (κ2) is 9.65. The van der Waals surface area contributed by atoms with Crippen LogP contribution in [0.25, 0.3) is 0 Å². The number of ether oxygens (including phenoxy) is 1. The summed E-state index contributed by atoms with van der Waals surface area (Å²) in [6.07, 6.45) is 2.22. The Morgan fingerprint density at radius 1 is 1.28 bits per heavy atom. The summed E-state index contributed by atoms with van der Waals surface area (Å²) in [5, 5.41) is 8.66. The molecule has 0 aliphatic rings. The average Bonchev–Trinajstić information content (AvgIpc) is 2.26. The van der Waals surface area contributed by atoms with E-state index in [1.165, 1.54) is 6.08 Å². The molecule has 0 radical (unpaired) electrons. The molecule has 0 atom stereocenters. The highest BCUT2D eigenvalue weighted by molar-refractivity contribution is 5.88. The first kappa shape index (κ1) is 16.6. The van der Waals surface area contributed by atoms with Gasteiger partial charge in [-0.25, -0.2) is 0 Å². The smallest absolute Gasteiger partial charge is 0.305 e. The molecule has 0 unspecified atom stereocenters. The molecule has 5 nitrogen and oxygen atoms in total. The van der Waals surface area contributed by atoms with Gasteiger partial charge in [0.15, 0.2) is 0 Å². The summed E-state index contributed by atoms with van der Waals surface area (Å²) in [7, 11) is 0. The van der Waals surface area contributed by atoms with E-state index in [0.717, 1.165) is 12.0 Å². The molecule has 0 aromatic carbocycles. The van der Waals surface area contributed by atoms with Crippen LogP contribution >= 0.6 is 0 Å². The normalized spacial score (nSPS) is 9.94. The molecule has 0 aliphatic carbocycles. The summed E-state index contributed by atoms with van der Waals surface area (Å²) in [6, 6.07) is 0. The monoisotopic (exact) mass is 257 g/mol. The Morgan fingerprint density at radius 3 is 2.44 bits per heavy atom. The molecule has 0 rings (SSSR count). The van der Waals surface area contributed by atoms with Gasteiger partial charge in [-0.05, 0) is 27.2 Å². The molecule has 0 aromatic heterocycles. The van der Waals surface area contributed by atoms with E-state index in [1.54, 1.807) is 4.90 Å². The van der Waals surface area contributed by atoms with Crippen molar-refractivity contribution in [3.8, 4) is 0 Å². The second-order valence-electron chi connectivity index (χ2n) is 4.24. The molecule has 18 heavy (non-hydrogen) atoms. The molecule has 5 heteroatoms. The molecule has 0 aliphatic heterocycles. The lowest BCUT2D eigenvalue weighted by Gasteiger charge is -2.20. The van der Waals surface area contributed by atoms with Crippen LogP contribution in [0.1, 0.15) is 33.6 Å². The van der Waals surface area contributed by atoms with Gasteiger partial charge in [-0.2, -0.15) is 0 Å².